The summed E-state index contributed by atoms with van der Waals surface area (Å²) in [5.74, 6) is 0.450. The van der Waals surface area contributed by atoms with Gasteiger partial charge >= 0.3 is 5.97 Å². The van der Waals surface area contributed by atoms with Gasteiger partial charge in [-0.05, 0) is 68.5 Å². The van der Waals surface area contributed by atoms with Gasteiger partial charge in [0.1, 0.15) is 5.75 Å². The highest BCUT2D eigenvalue weighted by molar-refractivity contribution is 5.86. The number of esters is 1. The minimum absolute atomic E-state index is 0.0587. The van der Waals surface area contributed by atoms with Gasteiger partial charge in [-0.15, -0.1) is 0 Å². The first-order chi connectivity index (χ1) is 14.3. The maximum atomic E-state index is 11.3. The van der Waals surface area contributed by atoms with Crippen molar-refractivity contribution in [2.45, 2.75) is 39.2 Å². The Labute approximate surface area is 177 Å². The van der Waals surface area contributed by atoms with Crippen molar-refractivity contribution in [3.8, 4) is 5.75 Å². The molecule has 0 N–H and O–H groups in total. The van der Waals surface area contributed by atoms with E-state index in [4.69, 9.17) is 9.47 Å². The molecule has 2 aromatic rings. The van der Waals surface area contributed by atoms with E-state index in [0.29, 0.717) is 12.2 Å². The molecule has 6 heteroatoms. The molecule has 0 bridgehead atoms. The summed E-state index contributed by atoms with van der Waals surface area (Å²) in [5.41, 5.74) is 2.39. The number of benzene rings is 2. The number of rotatable bonds is 11. The lowest BCUT2D eigenvalue weighted by Gasteiger charge is -2.14. The third kappa shape index (κ3) is 7.91. The molecule has 0 aliphatic heterocycles. The monoisotopic (exact) mass is 409 g/mol. The second-order valence-electron chi connectivity index (χ2n) is 7.09. The average molecular weight is 409 g/mol. The number of ether oxygens (including phenoxy) is 2. The minimum Gasteiger partial charge on any atom is -0.491 e. The van der Waals surface area contributed by atoms with Crippen molar-refractivity contribution >= 4 is 23.8 Å². The fourth-order valence-corrected chi connectivity index (χ4v) is 2.67. The van der Waals surface area contributed by atoms with Crippen molar-refractivity contribution in [3.05, 3.63) is 81.9 Å². The quantitative estimate of drug-likeness (QED) is 0.117. The second kappa shape index (κ2) is 11.6. The summed E-state index contributed by atoms with van der Waals surface area (Å²) in [6.45, 7) is 7.60. The molecule has 1 unspecified atom stereocenters. The number of unbranched alkanes of at least 4 members (excludes halogenated alkanes) is 1. The summed E-state index contributed by atoms with van der Waals surface area (Å²) < 4.78 is 11.0. The maximum absolute atomic E-state index is 11.3. The van der Waals surface area contributed by atoms with E-state index in [1.807, 2.05) is 43.3 Å². The van der Waals surface area contributed by atoms with Gasteiger partial charge in [0.2, 0.25) is 0 Å². The van der Waals surface area contributed by atoms with E-state index < -0.39 is 4.92 Å². The zero-order valence-electron chi connectivity index (χ0n) is 17.4. The van der Waals surface area contributed by atoms with Gasteiger partial charge in [0.15, 0.2) is 0 Å². The fraction of sp³-hybridized carbons (Fsp3) is 0.292. The molecule has 158 valence electrons. The molecule has 0 aromatic heterocycles. The molecule has 30 heavy (non-hydrogen) atoms. The van der Waals surface area contributed by atoms with E-state index in [1.165, 1.54) is 12.1 Å². The molecule has 2 aromatic carbocycles. The molecular formula is C24H27NO5. The standard InChI is InChI=1S/C24H27NO5/c1-18(2)24(26)29-17-5-4-6-19(3)30-23-15-11-21(12-16-23)8-7-20-9-13-22(14-10-20)25(27)28/h7-16,19H,1,4-6,17H2,2-3H3. The van der Waals surface area contributed by atoms with Crippen molar-refractivity contribution in [2.75, 3.05) is 6.61 Å². The predicted octanol–water partition coefficient (Wildman–Crippen LogP) is 5.82. The Kier molecular flexibility index (Phi) is 8.81. The predicted molar refractivity (Wildman–Crippen MR) is 118 cm³/mol. The van der Waals surface area contributed by atoms with Crippen LogP contribution in [0, 0.1) is 10.1 Å². The Bertz CT molecular complexity index is 885. The molecule has 0 amide bonds. The van der Waals surface area contributed by atoms with Crippen molar-refractivity contribution < 1.29 is 19.2 Å². The molecule has 6 nitrogen and oxygen atoms in total. The normalized spacial score (nSPS) is 11.8. The number of non-ortho nitro benzene ring substituents is 1. The van der Waals surface area contributed by atoms with Crippen LogP contribution in [-0.4, -0.2) is 23.6 Å². The summed E-state index contributed by atoms with van der Waals surface area (Å²) in [6, 6.07) is 14.2. The summed E-state index contributed by atoms with van der Waals surface area (Å²) in [6.07, 6.45) is 6.47. The Morgan fingerprint density at radius 2 is 1.63 bits per heavy atom. The Hall–Kier alpha value is -3.41. The molecule has 1 atom stereocenters. The number of hydrogen-bond donors (Lipinski definition) is 0. The summed E-state index contributed by atoms with van der Waals surface area (Å²) in [4.78, 5) is 21.6. The van der Waals surface area contributed by atoms with Crippen molar-refractivity contribution in [1.29, 1.82) is 0 Å². The highest BCUT2D eigenvalue weighted by Gasteiger charge is 2.06. The highest BCUT2D eigenvalue weighted by Crippen LogP contribution is 2.18. The Morgan fingerprint density at radius 1 is 1.07 bits per heavy atom. The molecule has 2 rings (SSSR count). The van der Waals surface area contributed by atoms with Crippen LogP contribution in [0.1, 0.15) is 44.2 Å². The Morgan fingerprint density at radius 3 is 2.17 bits per heavy atom. The van der Waals surface area contributed by atoms with Crippen molar-refractivity contribution in [3.63, 3.8) is 0 Å². The van der Waals surface area contributed by atoms with Crippen LogP contribution in [0.4, 0.5) is 5.69 Å². The van der Waals surface area contributed by atoms with Crippen LogP contribution < -0.4 is 4.74 Å². The SMILES string of the molecule is C=C(C)C(=O)OCCCCC(C)Oc1ccc(C=Cc2ccc([N+](=O)[O-])cc2)cc1. The van der Waals surface area contributed by atoms with E-state index >= 15 is 0 Å². The molecule has 0 radical (unpaired) electrons. The largest absolute Gasteiger partial charge is 0.491 e. The molecule has 0 heterocycles. The van der Waals surface area contributed by atoms with Crippen LogP contribution >= 0.6 is 0 Å². The summed E-state index contributed by atoms with van der Waals surface area (Å²) in [7, 11) is 0. The highest BCUT2D eigenvalue weighted by atomic mass is 16.6. The molecule has 0 aliphatic carbocycles. The number of carbonyl (C=O) groups is 1. The van der Waals surface area contributed by atoms with E-state index in [0.717, 1.165) is 36.1 Å². The number of carbonyl (C=O) groups excluding carboxylic acids is 1. The van der Waals surface area contributed by atoms with E-state index in [1.54, 1.807) is 19.1 Å². The van der Waals surface area contributed by atoms with Crippen molar-refractivity contribution in [2.24, 2.45) is 0 Å². The van der Waals surface area contributed by atoms with Gasteiger partial charge in [-0.1, -0.05) is 30.9 Å². The van der Waals surface area contributed by atoms with Gasteiger partial charge in [-0.25, -0.2) is 4.79 Å². The maximum Gasteiger partial charge on any atom is 0.333 e. The van der Waals surface area contributed by atoms with Gasteiger partial charge in [0, 0.05) is 17.7 Å². The van der Waals surface area contributed by atoms with Crippen molar-refractivity contribution in [1.82, 2.24) is 0 Å². The minimum atomic E-state index is -0.411. The van der Waals surface area contributed by atoms with Gasteiger partial charge in [-0.3, -0.25) is 10.1 Å². The smallest absolute Gasteiger partial charge is 0.333 e. The van der Waals surface area contributed by atoms with Gasteiger partial charge < -0.3 is 9.47 Å². The number of nitro groups is 1. The lowest BCUT2D eigenvalue weighted by molar-refractivity contribution is -0.384. The zero-order valence-corrected chi connectivity index (χ0v) is 17.4. The number of nitro benzene ring substituents is 1. The van der Waals surface area contributed by atoms with E-state index in [-0.39, 0.29) is 17.8 Å². The fourth-order valence-electron chi connectivity index (χ4n) is 2.67. The molecule has 0 fully saturated rings. The second-order valence-corrected chi connectivity index (χ2v) is 7.09. The van der Waals surface area contributed by atoms with E-state index in [9.17, 15) is 14.9 Å². The van der Waals surface area contributed by atoms with Crippen LogP contribution in [-0.2, 0) is 9.53 Å². The average Bonchev–Trinajstić information content (AvgIpc) is 2.73. The molecule has 0 saturated heterocycles. The Balaban J connectivity index is 1.75. The first-order valence-electron chi connectivity index (χ1n) is 9.87. The van der Waals surface area contributed by atoms with Gasteiger partial charge in [-0.2, -0.15) is 0 Å². The summed E-state index contributed by atoms with van der Waals surface area (Å²) in [5, 5.41) is 10.7. The third-order valence-electron chi connectivity index (χ3n) is 4.38. The molecule has 0 aliphatic rings. The van der Waals surface area contributed by atoms with Crippen LogP contribution in [0.5, 0.6) is 5.75 Å². The van der Waals surface area contributed by atoms with Gasteiger partial charge in [0.25, 0.3) is 5.69 Å². The topological polar surface area (TPSA) is 78.7 Å². The molecular weight excluding hydrogens is 382 g/mol. The molecule has 0 saturated carbocycles. The first kappa shape index (κ1) is 22.9. The van der Waals surface area contributed by atoms with Gasteiger partial charge in [0.05, 0.1) is 17.6 Å². The zero-order chi connectivity index (χ0) is 21.9. The van der Waals surface area contributed by atoms with Crippen LogP contribution in [0.25, 0.3) is 12.2 Å². The number of nitrogens with zero attached hydrogens (tertiary/aromatic N) is 1. The van der Waals surface area contributed by atoms with Crippen LogP contribution in [0.3, 0.4) is 0 Å². The summed E-state index contributed by atoms with van der Waals surface area (Å²) >= 11 is 0. The lowest BCUT2D eigenvalue weighted by atomic mass is 10.1. The number of hydrogen-bond acceptors (Lipinski definition) is 5. The van der Waals surface area contributed by atoms with Crippen LogP contribution in [0.2, 0.25) is 0 Å². The lowest BCUT2D eigenvalue weighted by Crippen LogP contribution is -2.12. The third-order valence-corrected chi connectivity index (χ3v) is 4.38. The van der Waals surface area contributed by atoms with E-state index in [2.05, 4.69) is 6.58 Å². The first-order valence-corrected chi connectivity index (χ1v) is 9.87. The van der Waals surface area contributed by atoms with Crippen LogP contribution in [0.15, 0.2) is 60.7 Å². The molecule has 0 spiro atoms.